The lowest BCUT2D eigenvalue weighted by molar-refractivity contribution is 0.0509. The van der Waals surface area contributed by atoms with Gasteiger partial charge in [0.25, 0.3) is 30.7 Å². The van der Waals surface area contributed by atoms with Crippen LogP contribution in [0.2, 0.25) is 20.1 Å². The average molecular weight is 2130 g/mol. The highest BCUT2D eigenvalue weighted by Crippen LogP contribution is 2.52. The highest BCUT2D eigenvalue weighted by atomic mass is 79.9. The van der Waals surface area contributed by atoms with Crippen LogP contribution < -0.4 is 42.9 Å². The zero-order chi connectivity index (χ0) is 103. The predicted octanol–water partition coefficient (Wildman–Crippen LogP) is 24.2. The third-order valence-electron chi connectivity index (χ3n) is 23.4. The van der Waals surface area contributed by atoms with Crippen molar-refractivity contribution >= 4 is 231 Å². The topological polar surface area (TPSA) is 400 Å². The minimum absolute atomic E-state index is 0.0196. The highest BCUT2D eigenvalue weighted by molar-refractivity contribution is 9.10. The number of ether oxygens (including phenoxy) is 3. The number of carbonyl (C=O) groups excluding carboxylic acids is 4. The maximum Gasteiger partial charge on any atom is 0.549 e. The fourth-order valence-corrected chi connectivity index (χ4v) is 28.3. The molecule has 1 fully saturated rings. The summed E-state index contributed by atoms with van der Waals surface area (Å²) in [7, 11) is -14.0. The van der Waals surface area contributed by atoms with Crippen molar-refractivity contribution in [2.45, 2.75) is 127 Å². The Morgan fingerprint density at radius 1 is 0.521 bits per heavy atom. The summed E-state index contributed by atoms with van der Waals surface area (Å²) in [6.07, 6.45) is 15.6. The van der Waals surface area contributed by atoms with Gasteiger partial charge in [-0.05, 0) is 328 Å². The number of nitrogens with one attached hydrogen (secondary N) is 3. The second-order valence-corrected chi connectivity index (χ2v) is 46.7. The molecular weight excluding hydrogens is 2020 g/mol. The predicted molar refractivity (Wildman–Crippen MR) is 566 cm³/mol. The molecule has 13 aromatic rings. The smallest absolute Gasteiger partial charge is 0.461 e. The Labute approximate surface area is 844 Å². The molecule has 5 N–H and O–H groups in total. The number of rotatable bonds is 25. The molecule has 1 saturated carbocycles. The molecule has 1 amide bonds. The summed E-state index contributed by atoms with van der Waals surface area (Å²) in [5.41, 5.74) is 17.4. The molecule has 14 rings (SSSR count). The lowest BCUT2D eigenvalue weighted by atomic mass is 9.75. The highest BCUT2D eigenvalue weighted by Gasteiger charge is 2.43. The van der Waals surface area contributed by atoms with Crippen LogP contribution in [0.4, 0.5) is 0 Å². The number of benzene rings is 9. The van der Waals surface area contributed by atoms with Crippen molar-refractivity contribution in [2.24, 2.45) is 23.5 Å². The Morgan fingerprint density at radius 2 is 0.893 bits per heavy atom. The zero-order valence-corrected chi connectivity index (χ0v) is 89.0. The number of allylic oxidation sites excluding steroid dienone is 4. The second-order valence-electron chi connectivity index (χ2n) is 33.5. The van der Waals surface area contributed by atoms with Gasteiger partial charge in [-0.25, -0.2) is 26.8 Å². The van der Waals surface area contributed by atoms with Crippen LogP contribution in [-0.4, -0.2) is 98.0 Å². The number of halogens is 5. The van der Waals surface area contributed by atoms with E-state index in [-0.39, 0.29) is 64.2 Å². The van der Waals surface area contributed by atoms with Crippen molar-refractivity contribution in [3.8, 4) is 24.3 Å². The van der Waals surface area contributed by atoms with Gasteiger partial charge < -0.3 is 48.5 Å². The molecule has 7 atom stereocenters. The van der Waals surface area contributed by atoms with E-state index in [1.165, 1.54) is 57.1 Å². The van der Waals surface area contributed by atoms with Crippen LogP contribution in [0.1, 0.15) is 170 Å². The molecule has 0 aliphatic heterocycles. The molecule has 35 heteroatoms. The number of nitriles is 4. The monoisotopic (exact) mass is 2120 g/mol. The number of nitrogens with two attached hydrogens (primary N) is 1. The molecule has 4 aromatic heterocycles. The molecule has 1 aliphatic carbocycles. The summed E-state index contributed by atoms with van der Waals surface area (Å²) < 4.78 is 117. The summed E-state index contributed by atoms with van der Waals surface area (Å²) in [6.45, 7) is 28.7. The number of amides is 1. The number of hydrogen-bond acceptors (Lipinski definition) is 20. The summed E-state index contributed by atoms with van der Waals surface area (Å²) in [5.74, 6) is -1.02. The average Bonchev–Trinajstić information content (AvgIpc) is 1.58. The Bertz CT molecular complexity index is 7620. The minimum atomic E-state index is -4.03. The van der Waals surface area contributed by atoms with E-state index in [4.69, 9.17) is 101 Å². The quantitative estimate of drug-likeness (QED) is 0.0179. The first-order chi connectivity index (χ1) is 66.4. The van der Waals surface area contributed by atoms with Gasteiger partial charge in [-0.2, -0.15) is 21.0 Å². The largest absolute Gasteiger partial charge is 0.549 e. The maximum absolute atomic E-state index is 14.4. The van der Waals surface area contributed by atoms with Gasteiger partial charge in [0.1, 0.15) is 30.3 Å². The van der Waals surface area contributed by atoms with Gasteiger partial charge in [-0.15, -0.1) is 4.52 Å². The number of hydrogen-bond donors (Lipinski definition) is 4. The van der Waals surface area contributed by atoms with E-state index in [1.54, 1.807) is 170 Å². The lowest BCUT2D eigenvalue weighted by Crippen LogP contribution is -2.33. The van der Waals surface area contributed by atoms with Crippen molar-refractivity contribution in [3.05, 3.63) is 290 Å². The molecule has 4 heterocycles. The molecule has 4 unspecified atom stereocenters. The van der Waals surface area contributed by atoms with E-state index in [2.05, 4.69) is 51.7 Å². The number of nitrogens with zero attached hydrogens (tertiary/aromatic N) is 5. The SMILES string of the molecule is CCOC(=O)c1[nH]c2ccc(Cl)c(C)c2c1[P@](=O)(OC)c1cc(C)cc(/C=C/C#N)c1.CCOC(=O)c1[nH]c2ccc(Cl)c(C)c2c1[P@](C)(=O)c1cc(C)cc(/C=C/C#N)c1.CCOC(=O)c1c(Br)c2c(C)c(Cl)ccc2n1S(=O)(=O)c1ccccc1.CO[P@](=O)(c1cc(C)cc(/C=C/C#N)c1)c1c(C(N)=O)[nH]c2ccc(Cl)c(C)c12.Cc1cc(/C=C/C#N)cc([P+](=O)OC2CC(C)CCC2C(C)C)c1. The first-order valence-electron chi connectivity index (χ1n) is 44.2. The summed E-state index contributed by atoms with van der Waals surface area (Å²) in [6, 6.07) is 51.2. The van der Waals surface area contributed by atoms with Crippen LogP contribution in [0, 0.1) is 118 Å². The van der Waals surface area contributed by atoms with Crippen LogP contribution in [0.3, 0.4) is 0 Å². The number of carbonyl (C=O) groups is 4. The fourth-order valence-electron chi connectivity index (χ4n) is 16.9. The van der Waals surface area contributed by atoms with E-state index in [1.807, 2.05) is 101 Å². The van der Waals surface area contributed by atoms with Crippen molar-refractivity contribution in [1.82, 2.24) is 18.9 Å². The first kappa shape index (κ1) is 110. The molecule has 25 nitrogen and oxygen atoms in total. The standard InChI is InChI=1S/C23H22ClN2O4P.C23H22ClN2O3P.C21H19ClN3O3P.C20H27NO2P.C18H15BrClNO4S/c1-5-30-23(27)21-22(20-15(3)18(24)8-9-19(20)26-21)31(28,29-4)17-12-14(2)11-16(13-17)7-6-10-25;1-5-29-23(27)21-22(20-15(3)18(24)8-9-19(20)26-21)30(4,28)17-12-14(2)11-16(13-17)7-6-10-25;1-12-9-14(5-4-8-23)11-15(10-12)29(27,28-3)20-18-13(2)16(22)6-7-17(18)25-19(20)21(24)26;1-14(2)19-8-7-15(3)12-20(19)23-24(22)18-11-16(4)10-17(13-18)6-5-9-21;1-3-25-18(22)17-16(19)15-11(2)13(20)9-10-14(15)21(17)26(23,24)12-7-5-4-6-8-12/h6-9,11-13,26H,5H2,1-4H3;6-9,11-13,26H,5H2,1-4H3;4-7,9-11,25H,1-3H3,(H2,24,26);5-6,10-11,13-15,19-20H,7-8,12H2,1-4H3;4-10H,3H2,1-2H3/q;;;+1;/b2*7-6+;5-4+;6-5+;/t31-;30-;29-;;/m111../s1. The summed E-state index contributed by atoms with van der Waals surface area (Å²) >= 11 is 28.6. The summed E-state index contributed by atoms with van der Waals surface area (Å²) in [5, 5.41) is 42.4. The number of aryl methyl sites for hydroxylation is 8. The maximum atomic E-state index is 14.4. The van der Waals surface area contributed by atoms with Crippen molar-refractivity contribution in [1.29, 1.82) is 21.0 Å². The van der Waals surface area contributed by atoms with Crippen LogP contribution in [0.25, 0.3) is 67.9 Å². The molecule has 140 heavy (non-hydrogen) atoms. The van der Waals surface area contributed by atoms with Crippen LogP contribution in [0.5, 0.6) is 0 Å². The van der Waals surface area contributed by atoms with Crippen LogP contribution in [-0.2, 0) is 56.1 Å². The third-order valence-corrected chi connectivity index (χ3v) is 36.2. The van der Waals surface area contributed by atoms with E-state index in [0.29, 0.717) is 140 Å². The number of fused-ring (bicyclic) bond motifs is 4. The van der Waals surface area contributed by atoms with Crippen molar-refractivity contribution < 1.29 is 73.6 Å². The first-order valence-corrected chi connectivity index (χ1v) is 54.5. The molecule has 0 saturated heterocycles. The molecule has 726 valence electrons. The van der Waals surface area contributed by atoms with Gasteiger partial charge in [-0.3, -0.25) is 13.9 Å². The van der Waals surface area contributed by atoms with Crippen molar-refractivity contribution in [3.63, 3.8) is 0 Å². The Morgan fingerprint density at radius 3 is 1.31 bits per heavy atom. The van der Waals surface area contributed by atoms with Crippen LogP contribution >= 0.6 is 92.2 Å². The molecular formula is C105H105BrCl4N9O16P4S+. The van der Waals surface area contributed by atoms with E-state index in [9.17, 15) is 45.9 Å². The zero-order valence-electron chi connectivity index (χ0n) is 80.0. The van der Waals surface area contributed by atoms with Gasteiger partial charge in [0.15, 0.2) is 5.69 Å². The molecule has 0 spiro atoms. The number of H-pyrrole nitrogens is 3. The fraction of sp³-hybridized carbons (Fsp3) is 0.257. The number of aromatic amines is 3. The van der Waals surface area contributed by atoms with Gasteiger partial charge in [0.05, 0.1) is 74.9 Å². The molecule has 0 radical (unpaired) electrons. The Hall–Kier alpha value is -11.8. The Balaban J connectivity index is 0.000000181. The minimum Gasteiger partial charge on any atom is -0.461 e. The summed E-state index contributed by atoms with van der Waals surface area (Å²) in [4.78, 5) is 59.4. The van der Waals surface area contributed by atoms with Crippen molar-refractivity contribution in [2.75, 3.05) is 40.7 Å². The lowest BCUT2D eigenvalue weighted by Gasteiger charge is -2.33. The number of esters is 3. The van der Waals surface area contributed by atoms with E-state index >= 15 is 0 Å². The third kappa shape index (κ3) is 24.5. The molecule has 1 aliphatic rings. The molecule has 0 bridgehead atoms. The van der Waals surface area contributed by atoms with E-state index in [0.717, 1.165) is 55.8 Å². The van der Waals surface area contributed by atoms with Gasteiger partial charge >= 0.3 is 25.9 Å². The van der Waals surface area contributed by atoms with Gasteiger partial charge in [-0.1, -0.05) is 116 Å². The van der Waals surface area contributed by atoms with Crippen LogP contribution in [0.15, 0.2) is 185 Å². The van der Waals surface area contributed by atoms with Gasteiger partial charge in [0.2, 0.25) is 5.30 Å². The number of primary amides is 1. The second kappa shape index (κ2) is 48.1. The van der Waals surface area contributed by atoms with E-state index < -0.39 is 63.7 Å². The Kier molecular flexibility index (Phi) is 37.9. The number of aromatic nitrogens is 4. The molecule has 9 aromatic carbocycles. The normalized spacial score (nSPS) is 15.1. The van der Waals surface area contributed by atoms with Gasteiger partial charge in [0, 0.05) is 119 Å².